The van der Waals surface area contributed by atoms with E-state index in [-0.39, 0.29) is 5.54 Å². The van der Waals surface area contributed by atoms with Crippen LogP contribution in [0.3, 0.4) is 0 Å². The highest BCUT2D eigenvalue weighted by Crippen LogP contribution is 2.30. The summed E-state index contributed by atoms with van der Waals surface area (Å²) in [5.41, 5.74) is 1.86. The van der Waals surface area contributed by atoms with E-state index in [0.717, 1.165) is 16.5 Å². The van der Waals surface area contributed by atoms with Crippen molar-refractivity contribution in [3.63, 3.8) is 0 Å². The summed E-state index contributed by atoms with van der Waals surface area (Å²) in [5.74, 6) is 0.683. The van der Waals surface area contributed by atoms with Crippen molar-refractivity contribution in [2.45, 2.75) is 19.4 Å². The van der Waals surface area contributed by atoms with Crippen LogP contribution in [0.5, 0.6) is 5.88 Å². The minimum atomic E-state index is -0.164. The predicted molar refractivity (Wildman–Crippen MR) is 70.4 cm³/mol. The zero-order valence-electron chi connectivity index (χ0n) is 10.7. The summed E-state index contributed by atoms with van der Waals surface area (Å²) in [7, 11) is 3.60. The van der Waals surface area contributed by atoms with E-state index in [1.165, 1.54) is 0 Å². The van der Waals surface area contributed by atoms with Gasteiger partial charge in [-0.1, -0.05) is 18.2 Å². The smallest absolute Gasteiger partial charge is 0.218 e. The molecule has 0 fully saturated rings. The molecule has 0 atom stereocenters. The average molecular weight is 230 g/mol. The largest absolute Gasteiger partial charge is 0.481 e. The minimum Gasteiger partial charge on any atom is -0.481 e. The van der Waals surface area contributed by atoms with Crippen LogP contribution < -0.4 is 10.1 Å². The summed E-state index contributed by atoms with van der Waals surface area (Å²) >= 11 is 0. The van der Waals surface area contributed by atoms with Gasteiger partial charge in [-0.3, -0.25) is 0 Å². The number of pyridine rings is 1. The topological polar surface area (TPSA) is 34.2 Å². The molecule has 0 aliphatic heterocycles. The highest BCUT2D eigenvalue weighted by Gasteiger charge is 2.23. The first kappa shape index (κ1) is 11.9. The number of aromatic nitrogens is 1. The molecule has 1 heterocycles. The Bertz CT molecular complexity index is 535. The molecule has 0 unspecified atom stereocenters. The van der Waals surface area contributed by atoms with Crippen molar-refractivity contribution in [2.75, 3.05) is 14.2 Å². The number of benzene rings is 1. The number of nitrogens with one attached hydrogen (secondary N) is 1. The summed E-state index contributed by atoms with van der Waals surface area (Å²) in [5, 5.41) is 4.41. The van der Waals surface area contributed by atoms with Crippen LogP contribution in [0, 0.1) is 0 Å². The third kappa shape index (κ3) is 2.11. The van der Waals surface area contributed by atoms with E-state index in [0.29, 0.717) is 5.88 Å². The summed E-state index contributed by atoms with van der Waals surface area (Å²) in [6.07, 6.45) is 0. The van der Waals surface area contributed by atoms with E-state index < -0.39 is 0 Å². The van der Waals surface area contributed by atoms with Gasteiger partial charge in [-0.15, -0.1) is 0 Å². The van der Waals surface area contributed by atoms with Gasteiger partial charge in [-0.05, 0) is 33.0 Å². The lowest BCUT2D eigenvalue weighted by atomic mass is 9.94. The molecule has 0 radical (unpaired) electrons. The van der Waals surface area contributed by atoms with Gasteiger partial charge in [0.25, 0.3) is 0 Å². The molecule has 90 valence electrons. The summed E-state index contributed by atoms with van der Waals surface area (Å²) < 4.78 is 5.39. The number of ether oxygens (including phenoxy) is 1. The third-order valence-corrected chi connectivity index (χ3v) is 3.18. The van der Waals surface area contributed by atoms with Crippen LogP contribution >= 0.6 is 0 Å². The fourth-order valence-electron chi connectivity index (χ4n) is 1.84. The SMILES string of the molecule is CNC(C)(C)c1cc2ccccc2nc1OC. The van der Waals surface area contributed by atoms with Crippen LogP contribution in [0.25, 0.3) is 10.9 Å². The van der Waals surface area contributed by atoms with Crippen LogP contribution in [-0.4, -0.2) is 19.1 Å². The van der Waals surface area contributed by atoms with E-state index in [1.807, 2.05) is 25.2 Å². The van der Waals surface area contributed by atoms with Crippen LogP contribution in [0.2, 0.25) is 0 Å². The molecule has 0 amide bonds. The van der Waals surface area contributed by atoms with Crippen molar-refractivity contribution in [1.82, 2.24) is 10.3 Å². The van der Waals surface area contributed by atoms with Crippen LogP contribution in [0.4, 0.5) is 0 Å². The predicted octanol–water partition coefficient (Wildman–Crippen LogP) is 2.70. The Kier molecular flexibility index (Phi) is 3.03. The molecule has 0 aliphatic carbocycles. The standard InChI is InChI=1S/C14H18N2O/c1-14(2,15-3)11-9-10-7-5-6-8-12(10)16-13(11)17-4/h5-9,15H,1-4H3. The monoisotopic (exact) mass is 230 g/mol. The molecular formula is C14H18N2O. The summed E-state index contributed by atoms with van der Waals surface area (Å²) in [6, 6.07) is 10.2. The molecule has 1 N–H and O–H groups in total. The van der Waals surface area contributed by atoms with Gasteiger partial charge in [0.15, 0.2) is 0 Å². The number of rotatable bonds is 3. The molecular weight excluding hydrogens is 212 g/mol. The number of hydrogen-bond acceptors (Lipinski definition) is 3. The maximum atomic E-state index is 5.39. The average Bonchev–Trinajstić information content (AvgIpc) is 2.37. The Morgan fingerprint density at radius 3 is 2.59 bits per heavy atom. The zero-order chi connectivity index (χ0) is 12.5. The first-order chi connectivity index (χ1) is 8.08. The highest BCUT2D eigenvalue weighted by molar-refractivity contribution is 5.80. The third-order valence-electron chi connectivity index (χ3n) is 3.18. The van der Waals surface area contributed by atoms with Gasteiger partial charge in [0.05, 0.1) is 12.6 Å². The minimum absolute atomic E-state index is 0.164. The van der Waals surface area contributed by atoms with E-state index in [9.17, 15) is 0 Å². The van der Waals surface area contributed by atoms with Crippen LogP contribution in [-0.2, 0) is 5.54 Å². The normalized spacial score (nSPS) is 11.8. The van der Waals surface area contributed by atoms with Crippen molar-refractivity contribution in [1.29, 1.82) is 0 Å². The first-order valence-corrected chi connectivity index (χ1v) is 5.71. The molecule has 0 bridgehead atoms. The summed E-state index contributed by atoms with van der Waals surface area (Å²) in [4.78, 5) is 4.55. The molecule has 0 saturated carbocycles. The van der Waals surface area contributed by atoms with Crippen molar-refractivity contribution in [3.05, 3.63) is 35.9 Å². The number of methoxy groups -OCH3 is 1. The number of nitrogens with zero attached hydrogens (tertiary/aromatic N) is 1. The van der Waals surface area contributed by atoms with E-state index in [1.54, 1.807) is 7.11 Å². The van der Waals surface area contributed by atoms with Gasteiger partial charge in [-0.25, -0.2) is 4.98 Å². The number of fused-ring (bicyclic) bond motifs is 1. The summed E-state index contributed by atoms with van der Waals surface area (Å²) in [6.45, 7) is 4.22. The second-order valence-corrected chi connectivity index (χ2v) is 4.61. The number of hydrogen-bond donors (Lipinski definition) is 1. The van der Waals surface area contributed by atoms with Crippen molar-refractivity contribution < 1.29 is 4.74 Å². The molecule has 1 aromatic heterocycles. The second kappa shape index (κ2) is 4.34. The molecule has 3 heteroatoms. The van der Waals surface area contributed by atoms with Gasteiger partial charge in [0, 0.05) is 16.5 Å². The Hall–Kier alpha value is -1.61. The molecule has 0 aliphatic rings. The molecule has 2 aromatic rings. The lowest BCUT2D eigenvalue weighted by Gasteiger charge is -2.26. The van der Waals surface area contributed by atoms with E-state index in [2.05, 4.69) is 36.3 Å². The van der Waals surface area contributed by atoms with Gasteiger partial charge >= 0.3 is 0 Å². The Labute approximate surface area is 102 Å². The second-order valence-electron chi connectivity index (χ2n) is 4.61. The van der Waals surface area contributed by atoms with Gasteiger partial charge in [-0.2, -0.15) is 0 Å². The quantitative estimate of drug-likeness (QED) is 0.880. The maximum Gasteiger partial charge on any atom is 0.218 e. The van der Waals surface area contributed by atoms with Gasteiger partial charge in [0.1, 0.15) is 0 Å². The Morgan fingerprint density at radius 2 is 1.94 bits per heavy atom. The fourth-order valence-corrected chi connectivity index (χ4v) is 1.84. The van der Waals surface area contributed by atoms with Gasteiger partial charge in [0.2, 0.25) is 5.88 Å². The molecule has 2 rings (SSSR count). The Balaban J connectivity index is 2.69. The Morgan fingerprint density at radius 1 is 1.24 bits per heavy atom. The van der Waals surface area contributed by atoms with Gasteiger partial charge < -0.3 is 10.1 Å². The van der Waals surface area contributed by atoms with Crippen molar-refractivity contribution in [3.8, 4) is 5.88 Å². The maximum absolute atomic E-state index is 5.39. The fraction of sp³-hybridized carbons (Fsp3) is 0.357. The van der Waals surface area contributed by atoms with E-state index in [4.69, 9.17) is 4.74 Å². The molecule has 3 nitrogen and oxygen atoms in total. The zero-order valence-corrected chi connectivity index (χ0v) is 10.7. The van der Waals surface area contributed by atoms with Crippen LogP contribution in [0.15, 0.2) is 30.3 Å². The molecule has 1 aromatic carbocycles. The number of para-hydroxylation sites is 1. The van der Waals surface area contributed by atoms with E-state index >= 15 is 0 Å². The molecule has 0 spiro atoms. The molecule has 17 heavy (non-hydrogen) atoms. The first-order valence-electron chi connectivity index (χ1n) is 5.71. The lowest BCUT2D eigenvalue weighted by Crippen LogP contribution is -2.33. The highest BCUT2D eigenvalue weighted by atomic mass is 16.5. The molecule has 0 saturated heterocycles. The lowest BCUT2D eigenvalue weighted by molar-refractivity contribution is 0.363. The van der Waals surface area contributed by atoms with Crippen LogP contribution in [0.1, 0.15) is 19.4 Å². The van der Waals surface area contributed by atoms with Crippen molar-refractivity contribution in [2.24, 2.45) is 0 Å². The van der Waals surface area contributed by atoms with Crippen molar-refractivity contribution >= 4 is 10.9 Å².